The molecule has 0 bridgehead atoms. The summed E-state index contributed by atoms with van der Waals surface area (Å²) in [5.74, 6) is 3.50. The van der Waals surface area contributed by atoms with Crippen LogP contribution in [0.4, 0.5) is 17.5 Å². The predicted molar refractivity (Wildman–Crippen MR) is 259 cm³/mol. The highest BCUT2D eigenvalue weighted by Gasteiger charge is 2.20. The van der Waals surface area contributed by atoms with Gasteiger partial charge in [-0.25, -0.2) is 39.9 Å². The van der Waals surface area contributed by atoms with Crippen LogP contribution in [0.15, 0.2) is 97.8 Å². The van der Waals surface area contributed by atoms with Crippen molar-refractivity contribution in [2.75, 3.05) is 88.1 Å². The number of likely N-dealkylation sites (N-methyl/N-ethyl adjacent to an activating group) is 2. The van der Waals surface area contributed by atoms with E-state index in [1.807, 2.05) is 80.7 Å². The Morgan fingerprint density at radius 1 is 0.530 bits per heavy atom. The molecule has 18 nitrogen and oxygen atoms in total. The van der Waals surface area contributed by atoms with E-state index >= 15 is 0 Å². The number of hydrogen-bond donors (Lipinski definition) is 2. The van der Waals surface area contributed by atoms with E-state index in [9.17, 15) is 0 Å². The summed E-state index contributed by atoms with van der Waals surface area (Å²) in [7, 11) is 4.27. The monoisotopic (exact) mass is 904 g/mol. The summed E-state index contributed by atoms with van der Waals surface area (Å²) < 4.78 is 0. The zero-order chi connectivity index (χ0) is 45.8. The minimum Gasteiger partial charge on any atom is -0.362 e. The van der Waals surface area contributed by atoms with Gasteiger partial charge in [-0.1, -0.05) is 72.3 Å². The number of benzene rings is 2. The first-order valence-corrected chi connectivity index (χ1v) is 22.3. The van der Waals surface area contributed by atoms with Crippen molar-refractivity contribution in [2.45, 2.75) is 26.8 Å². The molecule has 2 aliphatic heterocycles. The smallest absolute Gasteiger partial charge is 0.186 e. The average molecular weight is 906 g/mol. The van der Waals surface area contributed by atoms with Crippen molar-refractivity contribution in [3.8, 4) is 22.8 Å². The average Bonchev–Trinajstić information content (AvgIpc) is 3.35. The molecule has 6 aromatic heterocycles. The zero-order valence-corrected chi connectivity index (χ0v) is 38.4. The molecule has 8 aromatic rings. The van der Waals surface area contributed by atoms with Gasteiger partial charge >= 0.3 is 0 Å². The Kier molecular flexibility index (Phi) is 15.0. The molecule has 66 heavy (non-hydrogen) atoms. The summed E-state index contributed by atoms with van der Waals surface area (Å²) in [5.41, 5.74) is 13.1. The molecule has 0 unspecified atom stereocenters. The van der Waals surface area contributed by atoms with Gasteiger partial charge in [0.05, 0.1) is 47.9 Å². The normalized spacial score (nSPS) is 14.3. The maximum atomic E-state index is 6.30. The maximum Gasteiger partial charge on any atom is 0.186 e. The molecule has 8 heterocycles. The van der Waals surface area contributed by atoms with Gasteiger partial charge in [0.1, 0.15) is 17.2 Å². The molecular weight excluding hydrogens is 852 g/mol. The van der Waals surface area contributed by atoms with Gasteiger partial charge < -0.3 is 30.7 Å². The summed E-state index contributed by atoms with van der Waals surface area (Å²) in [6, 6.07) is 19.7. The lowest BCUT2D eigenvalue weighted by molar-refractivity contribution is 0.312. The quantitative estimate of drug-likeness (QED) is 0.176. The second-order valence-corrected chi connectivity index (χ2v) is 16.4. The number of nitrogens with zero attached hydrogens (tertiary/aromatic N) is 16. The fraction of sp³-hybridized carbons (Fsp3) is 0.319. The van der Waals surface area contributed by atoms with E-state index < -0.39 is 0 Å². The van der Waals surface area contributed by atoms with Gasteiger partial charge in [0.15, 0.2) is 39.4 Å². The summed E-state index contributed by atoms with van der Waals surface area (Å²) >= 11 is 6.30. The van der Waals surface area contributed by atoms with Gasteiger partial charge in [-0.15, -0.1) is 0 Å². The number of rotatable bonds is 9. The van der Waals surface area contributed by atoms with Crippen LogP contribution in [0.25, 0.3) is 45.1 Å². The van der Waals surface area contributed by atoms with Crippen LogP contribution >= 0.6 is 11.6 Å². The number of piperazine rings is 2. The van der Waals surface area contributed by atoms with Crippen molar-refractivity contribution in [2.24, 2.45) is 5.73 Å². The Morgan fingerprint density at radius 2 is 1.02 bits per heavy atom. The van der Waals surface area contributed by atoms with E-state index in [-0.39, 0.29) is 0 Å². The van der Waals surface area contributed by atoms with Gasteiger partial charge in [-0.2, -0.15) is 0 Å². The molecule has 2 fully saturated rings. The van der Waals surface area contributed by atoms with E-state index in [2.05, 4.69) is 78.9 Å². The number of fused-ring (bicyclic) bond motifs is 2. The number of aromatic nitrogens is 12. The fourth-order valence-electron chi connectivity index (χ4n) is 7.08. The van der Waals surface area contributed by atoms with Gasteiger partial charge in [0.25, 0.3) is 0 Å². The first-order chi connectivity index (χ1) is 32.2. The SMILES string of the molecule is CN1CCN(c2cnc3c(Cl)nc(-c4ccccc4)nc3n2)CC1.Cc1cnc(CCN)cn1.Cc1cnc(CNc2nc(-c3ccccc3)nc3nc(N4CCN(C)CC4)cnc23)cn1. The Hall–Kier alpha value is -6.99. The van der Waals surface area contributed by atoms with Crippen molar-refractivity contribution < 1.29 is 0 Å². The van der Waals surface area contributed by atoms with Gasteiger partial charge in [0.2, 0.25) is 0 Å². The first kappa shape index (κ1) is 45.6. The highest BCUT2D eigenvalue weighted by atomic mass is 35.5. The number of halogens is 1. The minimum absolute atomic E-state index is 0.330. The summed E-state index contributed by atoms with van der Waals surface area (Å²) in [6.07, 6.45) is 11.4. The molecule has 0 aliphatic carbocycles. The lowest BCUT2D eigenvalue weighted by Gasteiger charge is -2.32. The third-order valence-electron chi connectivity index (χ3n) is 11.0. The molecular formula is C47H53ClN18. The van der Waals surface area contributed by atoms with Crippen LogP contribution in [-0.2, 0) is 13.0 Å². The van der Waals surface area contributed by atoms with E-state index in [0.29, 0.717) is 58.0 Å². The van der Waals surface area contributed by atoms with E-state index in [4.69, 9.17) is 37.3 Å². The highest BCUT2D eigenvalue weighted by Crippen LogP contribution is 2.26. The van der Waals surface area contributed by atoms with Crippen LogP contribution < -0.4 is 20.9 Å². The van der Waals surface area contributed by atoms with E-state index in [1.165, 1.54) is 0 Å². The molecule has 0 atom stereocenters. The molecule has 2 saturated heterocycles. The Bertz CT molecular complexity index is 2800. The predicted octanol–water partition coefficient (Wildman–Crippen LogP) is 5.33. The Morgan fingerprint density at radius 3 is 1.52 bits per heavy atom. The third kappa shape index (κ3) is 11.8. The lowest BCUT2D eigenvalue weighted by atomic mass is 10.2. The fourth-order valence-corrected chi connectivity index (χ4v) is 7.29. The van der Waals surface area contributed by atoms with Crippen molar-refractivity contribution >= 4 is 51.4 Å². The second-order valence-electron chi connectivity index (χ2n) is 16.0. The molecule has 0 radical (unpaired) electrons. The van der Waals surface area contributed by atoms with Crippen molar-refractivity contribution in [1.82, 2.24) is 69.6 Å². The molecule has 10 rings (SSSR count). The number of anilines is 3. The Balaban J connectivity index is 0.000000153. The molecule has 2 aromatic carbocycles. The van der Waals surface area contributed by atoms with Crippen LogP contribution in [0.5, 0.6) is 0 Å². The molecule has 3 N–H and O–H groups in total. The number of aryl methyl sites for hydroxylation is 2. The maximum absolute atomic E-state index is 6.30. The van der Waals surface area contributed by atoms with Gasteiger partial charge in [0, 0.05) is 88.5 Å². The van der Waals surface area contributed by atoms with E-state index in [0.717, 1.165) is 104 Å². The summed E-state index contributed by atoms with van der Waals surface area (Å²) in [4.78, 5) is 63.2. The van der Waals surface area contributed by atoms with Crippen LogP contribution in [0, 0.1) is 13.8 Å². The van der Waals surface area contributed by atoms with Crippen LogP contribution in [0.1, 0.15) is 22.8 Å². The van der Waals surface area contributed by atoms with E-state index in [1.54, 1.807) is 31.0 Å². The molecule has 338 valence electrons. The first-order valence-electron chi connectivity index (χ1n) is 21.9. The van der Waals surface area contributed by atoms with Crippen molar-refractivity contribution in [3.63, 3.8) is 0 Å². The second kappa shape index (κ2) is 21.8. The molecule has 0 amide bonds. The summed E-state index contributed by atoms with van der Waals surface area (Å²) in [5, 5.41) is 3.69. The van der Waals surface area contributed by atoms with Crippen LogP contribution in [-0.4, -0.2) is 143 Å². The topological polar surface area (TPSA) is 206 Å². The van der Waals surface area contributed by atoms with Crippen LogP contribution in [0.3, 0.4) is 0 Å². The van der Waals surface area contributed by atoms with Crippen molar-refractivity contribution in [3.05, 3.63) is 126 Å². The number of nitrogens with one attached hydrogen (secondary N) is 1. The number of nitrogens with two attached hydrogens (primary N) is 1. The highest BCUT2D eigenvalue weighted by molar-refractivity contribution is 6.33. The Labute approximate surface area is 388 Å². The van der Waals surface area contributed by atoms with Crippen molar-refractivity contribution in [1.29, 1.82) is 0 Å². The van der Waals surface area contributed by atoms with Gasteiger partial charge in [-0.05, 0) is 34.5 Å². The zero-order valence-electron chi connectivity index (χ0n) is 37.6. The molecule has 0 spiro atoms. The standard InChI is InChI=1S/C23H25N9.C17H17ClN6.C7H11N3/c1-16-12-25-18(13-24-16)14-27-22-20-23(30-21(29-22)17-6-4-3-5-7-17)28-19(15-26-20)32-10-8-31(2)9-11-32;1-23-7-9-24(10-8-23)13-11-19-14-15(18)21-16(22-17(14)20-13)12-5-3-2-4-6-12;1-6-4-10-7(2-3-8)5-9-6/h3-7,12-13,15H,8-11,14H2,1-2H3,(H,27,28,29,30);2-6,11H,7-10H2,1H3;4-5H,2-3,8H2,1H3. The van der Waals surface area contributed by atoms with Crippen LogP contribution in [0.2, 0.25) is 5.15 Å². The third-order valence-corrected chi connectivity index (χ3v) is 11.2. The van der Waals surface area contributed by atoms with Gasteiger partial charge in [-0.3, -0.25) is 19.9 Å². The molecule has 2 aliphatic rings. The largest absolute Gasteiger partial charge is 0.362 e. The number of hydrogen-bond acceptors (Lipinski definition) is 18. The molecule has 0 saturated carbocycles. The summed E-state index contributed by atoms with van der Waals surface area (Å²) in [6.45, 7) is 12.7. The minimum atomic E-state index is 0.330. The lowest BCUT2D eigenvalue weighted by Crippen LogP contribution is -2.44. The molecule has 19 heteroatoms.